The normalized spacial score (nSPS) is 14.0. The number of benzene rings is 2. The van der Waals surface area contributed by atoms with Gasteiger partial charge in [0.05, 0.1) is 10.7 Å². The molecule has 4 aromatic rings. The van der Waals surface area contributed by atoms with E-state index in [0.717, 1.165) is 0 Å². The van der Waals surface area contributed by atoms with Crippen LogP contribution in [0.4, 0.5) is 10.2 Å². The van der Waals surface area contributed by atoms with Crippen LogP contribution < -0.4 is 9.64 Å². The van der Waals surface area contributed by atoms with Crippen LogP contribution in [0, 0.1) is 5.82 Å². The van der Waals surface area contributed by atoms with E-state index in [4.69, 9.17) is 27.9 Å². The number of amides is 1. The summed E-state index contributed by atoms with van der Waals surface area (Å²) in [5, 5.41) is 9.22. The van der Waals surface area contributed by atoms with Crippen molar-refractivity contribution in [2.24, 2.45) is 0 Å². The van der Waals surface area contributed by atoms with E-state index in [-0.39, 0.29) is 18.3 Å². The average Bonchev–Trinajstić information content (AvgIpc) is 3.28. The Kier molecular flexibility index (Phi) is 6.16. The lowest BCUT2D eigenvalue weighted by molar-refractivity contribution is -0.133. The first-order valence-electron chi connectivity index (χ1n) is 10.4. The van der Waals surface area contributed by atoms with Crippen molar-refractivity contribution < 1.29 is 13.9 Å². The first kappa shape index (κ1) is 22.3. The maximum Gasteiger partial charge on any atom is 0.260 e. The van der Waals surface area contributed by atoms with Crippen molar-refractivity contribution in [3.8, 4) is 11.4 Å². The minimum absolute atomic E-state index is 0.124. The molecule has 1 aliphatic rings. The molecule has 0 unspecified atom stereocenters. The number of halogens is 3. The summed E-state index contributed by atoms with van der Waals surface area (Å²) in [6.45, 7) is 1.94. The fourth-order valence-electron chi connectivity index (χ4n) is 3.74. The topological polar surface area (TPSA) is 89.3 Å². The van der Waals surface area contributed by atoms with Crippen molar-refractivity contribution in [1.82, 2.24) is 29.9 Å². The van der Waals surface area contributed by atoms with E-state index in [0.29, 0.717) is 64.6 Å². The summed E-state index contributed by atoms with van der Waals surface area (Å²) in [5.74, 6) is 0.501. The Morgan fingerprint density at radius 2 is 1.88 bits per heavy atom. The van der Waals surface area contributed by atoms with Crippen molar-refractivity contribution in [2.75, 3.05) is 37.7 Å². The maximum atomic E-state index is 13.7. The first-order valence-corrected chi connectivity index (χ1v) is 11.2. The molecule has 0 saturated carbocycles. The molecule has 2 aromatic carbocycles. The zero-order valence-corrected chi connectivity index (χ0v) is 19.2. The lowest BCUT2D eigenvalue weighted by Crippen LogP contribution is -2.50. The van der Waals surface area contributed by atoms with Gasteiger partial charge in [-0.2, -0.15) is 4.68 Å². The third-order valence-corrected chi connectivity index (χ3v) is 5.98. The molecule has 0 N–H and O–H groups in total. The van der Waals surface area contributed by atoms with Crippen LogP contribution in [0.2, 0.25) is 10.0 Å². The Balaban J connectivity index is 1.25. The quantitative estimate of drug-likeness (QED) is 0.414. The zero-order valence-electron chi connectivity index (χ0n) is 17.7. The van der Waals surface area contributed by atoms with Crippen molar-refractivity contribution >= 4 is 46.1 Å². The molecule has 1 aliphatic heterocycles. The van der Waals surface area contributed by atoms with Crippen LogP contribution in [0.5, 0.6) is 5.75 Å². The number of aromatic nitrogens is 5. The number of anilines is 1. The van der Waals surface area contributed by atoms with Crippen molar-refractivity contribution in [3.05, 3.63) is 64.7 Å². The van der Waals surface area contributed by atoms with E-state index in [2.05, 4.69) is 20.3 Å². The van der Waals surface area contributed by atoms with Crippen LogP contribution >= 0.6 is 23.2 Å². The van der Waals surface area contributed by atoms with Crippen molar-refractivity contribution in [3.63, 3.8) is 0 Å². The number of hydrogen-bond acceptors (Lipinski definition) is 7. The second kappa shape index (κ2) is 9.40. The molecule has 34 heavy (non-hydrogen) atoms. The molecular weight excluding hydrogens is 484 g/mol. The molecule has 5 rings (SSSR count). The highest BCUT2D eigenvalue weighted by Crippen LogP contribution is 2.28. The summed E-state index contributed by atoms with van der Waals surface area (Å²) < 4.78 is 20.7. The fraction of sp³-hybridized carbons (Fsp3) is 0.227. The van der Waals surface area contributed by atoms with Crippen LogP contribution in [-0.2, 0) is 4.79 Å². The van der Waals surface area contributed by atoms with Crippen LogP contribution in [0.25, 0.3) is 16.9 Å². The van der Waals surface area contributed by atoms with Crippen LogP contribution in [-0.4, -0.2) is 68.6 Å². The van der Waals surface area contributed by atoms with E-state index in [9.17, 15) is 9.18 Å². The van der Waals surface area contributed by atoms with Crippen LogP contribution in [0.1, 0.15) is 0 Å². The molecule has 2 aromatic heterocycles. The number of rotatable bonds is 5. The predicted octanol–water partition coefficient (Wildman–Crippen LogP) is 3.38. The largest absolute Gasteiger partial charge is 0.482 e. The molecule has 1 amide bonds. The van der Waals surface area contributed by atoms with Gasteiger partial charge >= 0.3 is 0 Å². The number of carbonyl (C=O) groups is 1. The van der Waals surface area contributed by atoms with E-state index < -0.39 is 0 Å². The summed E-state index contributed by atoms with van der Waals surface area (Å²) in [6.07, 6.45) is 1.43. The van der Waals surface area contributed by atoms with E-state index in [1.54, 1.807) is 35.2 Å². The fourth-order valence-corrected chi connectivity index (χ4v) is 4.20. The van der Waals surface area contributed by atoms with Crippen molar-refractivity contribution in [2.45, 2.75) is 0 Å². The molecule has 0 atom stereocenters. The molecule has 1 saturated heterocycles. The Hall–Kier alpha value is -3.50. The first-order chi connectivity index (χ1) is 16.5. The lowest BCUT2D eigenvalue weighted by Gasteiger charge is -2.35. The Labute approximate surface area is 203 Å². The van der Waals surface area contributed by atoms with Gasteiger partial charge in [-0.1, -0.05) is 34.5 Å². The van der Waals surface area contributed by atoms with Gasteiger partial charge in [0.15, 0.2) is 23.6 Å². The van der Waals surface area contributed by atoms with Crippen LogP contribution in [0.15, 0.2) is 48.8 Å². The van der Waals surface area contributed by atoms with Gasteiger partial charge in [0.1, 0.15) is 17.9 Å². The number of fused-ring (bicyclic) bond motifs is 1. The van der Waals surface area contributed by atoms with E-state index in [1.807, 2.05) is 4.90 Å². The summed E-state index contributed by atoms with van der Waals surface area (Å²) in [7, 11) is 0. The third kappa shape index (κ3) is 4.46. The van der Waals surface area contributed by atoms with Crippen LogP contribution in [0.3, 0.4) is 0 Å². The standard InChI is InChI=1S/C22H18Cl2FN7O2/c23-14-4-5-18(17(24)10-14)34-12-19(33)30-6-8-31(9-7-30)21-20-22(27-13-26-21)32(29-28-20)16-3-1-2-15(25)11-16/h1-5,10-11,13H,6-9,12H2. The second-order valence-corrected chi connectivity index (χ2v) is 8.43. The molecule has 1 fully saturated rings. The third-order valence-electron chi connectivity index (χ3n) is 5.45. The molecule has 0 spiro atoms. The maximum absolute atomic E-state index is 13.7. The van der Waals surface area contributed by atoms with Gasteiger partial charge in [0.25, 0.3) is 5.91 Å². The van der Waals surface area contributed by atoms with Gasteiger partial charge < -0.3 is 14.5 Å². The van der Waals surface area contributed by atoms with Gasteiger partial charge in [-0.3, -0.25) is 4.79 Å². The number of ether oxygens (including phenoxy) is 1. The molecule has 3 heterocycles. The summed E-state index contributed by atoms with van der Waals surface area (Å²) in [5.41, 5.74) is 1.50. The number of carbonyl (C=O) groups excluding carboxylic acids is 1. The smallest absolute Gasteiger partial charge is 0.260 e. The van der Waals surface area contributed by atoms with Gasteiger partial charge in [-0.05, 0) is 36.4 Å². The SMILES string of the molecule is O=C(COc1ccc(Cl)cc1Cl)N1CCN(c2ncnc3c2nnn3-c2cccc(F)c2)CC1. The van der Waals surface area contributed by atoms with Gasteiger partial charge in [0.2, 0.25) is 0 Å². The zero-order chi connectivity index (χ0) is 23.7. The molecule has 9 nitrogen and oxygen atoms in total. The highest BCUT2D eigenvalue weighted by Gasteiger charge is 2.25. The lowest BCUT2D eigenvalue weighted by atomic mass is 10.3. The Bertz CT molecular complexity index is 1360. The second-order valence-electron chi connectivity index (χ2n) is 7.58. The molecule has 0 aliphatic carbocycles. The molecule has 0 radical (unpaired) electrons. The highest BCUT2D eigenvalue weighted by atomic mass is 35.5. The predicted molar refractivity (Wildman–Crippen MR) is 125 cm³/mol. The molecule has 174 valence electrons. The summed E-state index contributed by atoms with van der Waals surface area (Å²) in [4.78, 5) is 25.1. The Morgan fingerprint density at radius 3 is 2.65 bits per heavy atom. The monoisotopic (exact) mass is 501 g/mol. The minimum atomic E-state index is -0.376. The number of piperazine rings is 1. The molecule has 12 heteroatoms. The van der Waals surface area contributed by atoms with Gasteiger partial charge in [-0.25, -0.2) is 14.4 Å². The highest BCUT2D eigenvalue weighted by molar-refractivity contribution is 6.35. The van der Waals surface area contributed by atoms with Gasteiger partial charge in [0, 0.05) is 31.2 Å². The Morgan fingerprint density at radius 1 is 1.06 bits per heavy atom. The summed E-state index contributed by atoms with van der Waals surface area (Å²) >= 11 is 12.0. The molecular formula is C22H18Cl2FN7O2. The van der Waals surface area contributed by atoms with E-state index in [1.165, 1.54) is 23.1 Å². The van der Waals surface area contributed by atoms with Gasteiger partial charge in [-0.15, -0.1) is 5.10 Å². The number of hydrogen-bond donors (Lipinski definition) is 0. The summed E-state index contributed by atoms with van der Waals surface area (Å²) in [6, 6.07) is 10.9. The van der Waals surface area contributed by atoms with Crippen molar-refractivity contribution in [1.29, 1.82) is 0 Å². The molecule has 0 bridgehead atoms. The number of nitrogens with zero attached hydrogens (tertiary/aromatic N) is 7. The van der Waals surface area contributed by atoms with E-state index >= 15 is 0 Å². The average molecular weight is 502 g/mol. The minimum Gasteiger partial charge on any atom is -0.482 e.